The molecule has 7 rings (SSSR count). The summed E-state index contributed by atoms with van der Waals surface area (Å²) in [5.74, 6) is 2.08. The van der Waals surface area contributed by atoms with E-state index in [0.717, 1.165) is 22.2 Å². The molecule has 37 heavy (non-hydrogen) atoms. The summed E-state index contributed by atoms with van der Waals surface area (Å²) in [6.45, 7) is 4.20. The minimum absolute atomic E-state index is 0.110. The normalized spacial score (nSPS) is 18.6. The Hall–Kier alpha value is -3.98. The molecule has 1 aliphatic carbocycles. The van der Waals surface area contributed by atoms with E-state index in [4.69, 9.17) is 14.1 Å². The first-order chi connectivity index (χ1) is 17.9. The van der Waals surface area contributed by atoms with E-state index in [2.05, 4.69) is 28.9 Å². The lowest BCUT2D eigenvalue weighted by Crippen LogP contribution is -2.33. The van der Waals surface area contributed by atoms with E-state index in [1.807, 2.05) is 54.6 Å². The average Bonchev–Trinajstić information content (AvgIpc) is 3.49. The molecule has 2 aromatic carbocycles. The second-order valence-electron chi connectivity index (χ2n) is 10.2. The highest BCUT2D eigenvalue weighted by Crippen LogP contribution is 2.50. The zero-order valence-corrected chi connectivity index (χ0v) is 21.2. The number of benzene rings is 2. The Morgan fingerprint density at radius 3 is 2.70 bits per heavy atom. The van der Waals surface area contributed by atoms with Crippen LogP contribution in [0.2, 0.25) is 0 Å². The smallest absolute Gasteiger partial charge is 0.257 e. The Balaban J connectivity index is 1.30. The third kappa shape index (κ3) is 3.81. The van der Waals surface area contributed by atoms with E-state index in [0.29, 0.717) is 52.5 Å². The number of carbonyl (C=O) groups excluding carboxylic acids is 1. The minimum atomic E-state index is -0.318. The number of ether oxygens (including phenoxy) is 1. The number of para-hydroxylation sites is 2. The number of aromatic nitrogens is 5. The number of oxazole rings is 1. The van der Waals surface area contributed by atoms with E-state index in [1.165, 1.54) is 11.8 Å². The second-order valence-corrected chi connectivity index (χ2v) is 11.1. The van der Waals surface area contributed by atoms with Gasteiger partial charge in [-0.1, -0.05) is 68.1 Å². The Kier molecular flexibility index (Phi) is 4.97. The molecule has 0 fully saturated rings. The van der Waals surface area contributed by atoms with Crippen molar-refractivity contribution in [1.29, 1.82) is 0 Å². The first-order valence-electron chi connectivity index (χ1n) is 12.2. The number of hydrogen-bond acceptors (Lipinski definition) is 8. The zero-order valence-electron chi connectivity index (χ0n) is 20.3. The molecule has 0 saturated heterocycles. The van der Waals surface area contributed by atoms with Crippen LogP contribution in [0.15, 0.2) is 81.9 Å². The molecule has 0 unspecified atom stereocenters. The summed E-state index contributed by atoms with van der Waals surface area (Å²) in [7, 11) is 0. The van der Waals surface area contributed by atoms with Gasteiger partial charge in [0.15, 0.2) is 22.8 Å². The zero-order chi connectivity index (χ0) is 25.1. The van der Waals surface area contributed by atoms with E-state index in [-0.39, 0.29) is 17.1 Å². The van der Waals surface area contributed by atoms with Gasteiger partial charge in [0.1, 0.15) is 17.6 Å². The molecular weight excluding hydrogens is 486 g/mol. The molecule has 2 aliphatic rings. The van der Waals surface area contributed by atoms with Crippen LogP contribution in [0.1, 0.15) is 49.6 Å². The van der Waals surface area contributed by atoms with Crippen LogP contribution in [-0.2, 0) is 10.5 Å². The lowest BCUT2D eigenvalue weighted by atomic mass is 9.70. The lowest BCUT2D eigenvalue weighted by molar-refractivity contribution is -0.118. The largest absolute Gasteiger partial charge is 0.442 e. The molecule has 1 aliphatic heterocycles. The van der Waals surface area contributed by atoms with Gasteiger partial charge < -0.3 is 9.15 Å². The topological polar surface area (TPSA) is 95.4 Å². The molecule has 0 bridgehead atoms. The third-order valence-corrected chi connectivity index (χ3v) is 7.66. The van der Waals surface area contributed by atoms with Gasteiger partial charge in [-0.3, -0.25) is 4.79 Å². The fraction of sp³-hybridized carbons (Fsp3) is 0.250. The second kappa shape index (κ2) is 8.27. The summed E-state index contributed by atoms with van der Waals surface area (Å²) in [6, 6.07) is 17.7. The average molecular weight is 510 g/mol. The van der Waals surface area contributed by atoms with Gasteiger partial charge >= 0.3 is 0 Å². The molecule has 3 aromatic heterocycles. The number of ketones is 1. The van der Waals surface area contributed by atoms with Crippen molar-refractivity contribution in [3.8, 4) is 5.88 Å². The van der Waals surface area contributed by atoms with E-state index in [9.17, 15) is 4.79 Å². The Bertz CT molecular complexity index is 1690. The summed E-state index contributed by atoms with van der Waals surface area (Å²) in [4.78, 5) is 27.5. The van der Waals surface area contributed by atoms with Gasteiger partial charge in [-0.15, -0.1) is 5.10 Å². The van der Waals surface area contributed by atoms with E-state index >= 15 is 0 Å². The molecule has 0 spiro atoms. The molecule has 0 radical (unpaired) electrons. The predicted octanol–water partition coefficient (Wildman–Crippen LogP) is 5.73. The number of allylic oxidation sites excluding steroid dienone is 2. The van der Waals surface area contributed by atoms with E-state index < -0.39 is 0 Å². The van der Waals surface area contributed by atoms with Crippen molar-refractivity contribution in [1.82, 2.24) is 24.6 Å². The number of nitrogens with zero attached hydrogens (tertiary/aromatic N) is 5. The maximum absolute atomic E-state index is 13.5. The highest BCUT2D eigenvalue weighted by molar-refractivity contribution is 7.98. The van der Waals surface area contributed by atoms with Gasteiger partial charge in [-0.25, -0.2) is 19.5 Å². The van der Waals surface area contributed by atoms with Crippen molar-refractivity contribution in [2.45, 2.75) is 43.6 Å². The Morgan fingerprint density at radius 2 is 1.86 bits per heavy atom. The van der Waals surface area contributed by atoms with Crippen LogP contribution in [0.5, 0.6) is 5.88 Å². The molecule has 9 heteroatoms. The molecular formula is C28H23N5O3S. The first-order valence-corrected chi connectivity index (χ1v) is 13.2. The van der Waals surface area contributed by atoms with Crippen LogP contribution in [0.4, 0.5) is 0 Å². The van der Waals surface area contributed by atoms with Gasteiger partial charge in [0, 0.05) is 24.3 Å². The number of Topliss-reactive ketones (excluding diaryl/α,β-unsaturated/α-hetero) is 1. The number of hydrogen-bond donors (Lipinski definition) is 0. The van der Waals surface area contributed by atoms with Crippen molar-refractivity contribution >= 4 is 34.3 Å². The summed E-state index contributed by atoms with van der Waals surface area (Å²) in [5.41, 5.74) is 4.52. The standard InChI is InChI=1S/C28H23N5O3S/c1-28(2)12-18(34)23-20(13-28)35-26-24(22(23)16-8-4-3-5-9-16)25-31-21(32-33(25)15-29-26)14-37-27-30-17-10-6-7-11-19(17)36-27/h3-11,15,22H,12-14H2,1-2H3/t22-/m0/s1. The molecule has 1 atom stereocenters. The predicted molar refractivity (Wildman–Crippen MR) is 138 cm³/mol. The molecule has 0 saturated carbocycles. The fourth-order valence-electron chi connectivity index (χ4n) is 5.27. The highest BCUT2D eigenvalue weighted by Gasteiger charge is 2.43. The van der Waals surface area contributed by atoms with Gasteiger partial charge in [0.2, 0.25) is 5.88 Å². The molecule has 184 valence electrons. The van der Waals surface area contributed by atoms with Crippen molar-refractivity contribution in [3.63, 3.8) is 0 Å². The lowest BCUT2D eigenvalue weighted by Gasteiger charge is -2.37. The molecule has 4 heterocycles. The summed E-state index contributed by atoms with van der Waals surface area (Å²) in [6.07, 6.45) is 2.78. The number of fused-ring (bicyclic) bond motifs is 4. The fourth-order valence-corrected chi connectivity index (χ4v) is 5.96. The Labute approximate surface area is 216 Å². The molecule has 0 N–H and O–H groups in total. The van der Waals surface area contributed by atoms with Crippen LogP contribution < -0.4 is 4.74 Å². The van der Waals surface area contributed by atoms with E-state index in [1.54, 1.807) is 10.8 Å². The van der Waals surface area contributed by atoms with Crippen molar-refractivity contribution in [3.05, 3.63) is 89.2 Å². The summed E-state index contributed by atoms with van der Waals surface area (Å²) >= 11 is 1.44. The molecule has 8 nitrogen and oxygen atoms in total. The van der Waals surface area contributed by atoms with Gasteiger partial charge in [0.05, 0.1) is 11.3 Å². The minimum Gasteiger partial charge on any atom is -0.442 e. The maximum Gasteiger partial charge on any atom is 0.257 e. The van der Waals surface area contributed by atoms with Crippen molar-refractivity contribution in [2.24, 2.45) is 5.41 Å². The quantitative estimate of drug-likeness (QED) is 0.284. The van der Waals surface area contributed by atoms with Gasteiger partial charge in [0.25, 0.3) is 5.22 Å². The van der Waals surface area contributed by atoms with Crippen LogP contribution in [0.25, 0.3) is 16.7 Å². The van der Waals surface area contributed by atoms with Crippen LogP contribution >= 0.6 is 11.8 Å². The molecule has 5 aromatic rings. The van der Waals surface area contributed by atoms with Crippen molar-refractivity contribution in [2.75, 3.05) is 0 Å². The third-order valence-electron chi connectivity index (χ3n) is 6.84. The monoisotopic (exact) mass is 509 g/mol. The van der Waals surface area contributed by atoms with Gasteiger partial charge in [-0.2, -0.15) is 0 Å². The number of carbonyl (C=O) groups is 1. The first kappa shape index (κ1) is 22.2. The van der Waals surface area contributed by atoms with Crippen LogP contribution in [0.3, 0.4) is 0 Å². The van der Waals surface area contributed by atoms with Crippen LogP contribution in [-0.4, -0.2) is 30.3 Å². The van der Waals surface area contributed by atoms with Crippen LogP contribution in [0, 0.1) is 5.41 Å². The summed E-state index contributed by atoms with van der Waals surface area (Å²) in [5, 5.41) is 5.23. The highest BCUT2D eigenvalue weighted by atomic mass is 32.2. The van der Waals surface area contributed by atoms with Crippen molar-refractivity contribution < 1.29 is 13.9 Å². The molecule has 0 amide bonds. The van der Waals surface area contributed by atoms with Gasteiger partial charge in [-0.05, 0) is 23.1 Å². The SMILES string of the molecule is CC1(C)CC(=O)C2=C(C1)Oc1ncn3nc(CSc4nc5ccccc5o4)nc3c1[C@H]2c1ccccc1. The Morgan fingerprint density at radius 1 is 1.05 bits per heavy atom. The summed E-state index contributed by atoms with van der Waals surface area (Å²) < 4.78 is 13.8. The maximum atomic E-state index is 13.5. The number of rotatable bonds is 4. The number of thioether (sulfide) groups is 1.